The number of fused-ring (bicyclic) bond motifs is 1. The van der Waals surface area contributed by atoms with Gasteiger partial charge in [-0.1, -0.05) is 11.8 Å². The lowest BCUT2D eigenvalue weighted by Gasteiger charge is -2.04. The second-order valence-electron chi connectivity index (χ2n) is 5.00. The molecule has 5 nitrogen and oxygen atoms in total. The van der Waals surface area contributed by atoms with Gasteiger partial charge in [0.05, 0.1) is 17.7 Å². The number of rotatable bonds is 4. The summed E-state index contributed by atoms with van der Waals surface area (Å²) in [4.78, 5) is 23.8. The van der Waals surface area contributed by atoms with Gasteiger partial charge in [0.15, 0.2) is 5.16 Å². The number of imidazole rings is 1. The molecule has 2 heterocycles. The Bertz CT molecular complexity index is 689. The summed E-state index contributed by atoms with van der Waals surface area (Å²) in [6.45, 7) is 5.10. The number of thioether (sulfide) groups is 1. The van der Waals surface area contributed by atoms with Crippen molar-refractivity contribution in [2.45, 2.75) is 50.6 Å². The van der Waals surface area contributed by atoms with E-state index in [1.54, 1.807) is 11.8 Å². The number of nitrogens with zero attached hydrogens (tertiary/aromatic N) is 3. The highest BCUT2D eigenvalue weighted by Gasteiger charge is 2.17. The summed E-state index contributed by atoms with van der Waals surface area (Å²) in [5.41, 5.74) is 4.13. The Labute approximate surface area is 121 Å². The quantitative estimate of drug-likeness (QED) is 0.691. The third-order valence-corrected chi connectivity index (χ3v) is 4.69. The average Bonchev–Trinajstić information content (AvgIpc) is 3.03. The second kappa shape index (κ2) is 5.44. The average molecular weight is 290 g/mol. The Morgan fingerprint density at radius 2 is 2.30 bits per heavy atom. The SMILES string of the molecule is CCn1cnc(CSc2nc3c(c(=O)[nH]2)CCC3)c1C. The minimum atomic E-state index is 0.0332. The minimum Gasteiger partial charge on any atom is -0.335 e. The summed E-state index contributed by atoms with van der Waals surface area (Å²) in [6.07, 6.45) is 4.70. The zero-order valence-corrected chi connectivity index (χ0v) is 12.6. The van der Waals surface area contributed by atoms with Crippen LogP contribution in [0.2, 0.25) is 0 Å². The number of aromatic nitrogens is 4. The predicted octanol–water partition coefficient (Wildman–Crippen LogP) is 2.08. The summed E-state index contributed by atoms with van der Waals surface area (Å²) in [7, 11) is 0. The van der Waals surface area contributed by atoms with Gasteiger partial charge < -0.3 is 9.55 Å². The van der Waals surface area contributed by atoms with Crippen LogP contribution in [-0.4, -0.2) is 19.5 Å². The van der Waals surface area contributed by atoms with E-state index >= 15 is 0 Å². The van der Waals surface area contributed by atoms with E-state index in [9.17, 15) is 4.79 Å². The predicted molar refractivity (Wildman–Crippen MR) is 79.1 cm³/mol. The molecule has 2 aromatic rings. The van der Waals surface area contributed by atoms with Gasteiger partial charge in [-0.05, 0) is 33.1 Å². The van der Waals surface area contributed by atoms with E-state index in [0.29, 0.717) is 5.16 Å². The first-order valence-electron chi connectivity index (χ1n) is 6.94. The molecule has 0 amide bonds. The van der Waals surface area contributed by atoms with Crippen molar-refractivity contribution in [3.8, 4) is 0 Å². The lowest BCUT2D eigenvalue weighted by molar-refractivity contribution is 0.736. The van der Waals surface area contributed by atoms with Crippen LogP contribution in [0.25, 0.3) is 0 Å². The molecular formula is C14H18N4OS. The van der Waals surface area contributed by atoms with Gasteiger partial charge in [0.2, 0.25) is 0 Å². The maximum atomic E-state index is 11.9. The van der Waals surface area contributed by atoms with Gasteiger partial charge in [0.25, 0.3) is 5.56 Å². The van der Waals surface area contributed by atoms with Gasteiger partial charge in [0, 0.05) is 23.6 Å². The first-order valence-corrected chi connectivity index (χ1v) is 7.93. The minimum absolute atomic E-state index is 0.0332. The Balaban J connectivity index is 1.77. The number of H-pyrrole nitrogens is 1. The molecular weight excluding hydrogens is 272 g/mol. The van der Waals surface area contributed by atoms with Crippen molar-refractivity contribution in [3.63, 3.8) is 0 Å². The maximum absolute atomic E-state index is 11.9. The lowest BCUT2D eigenvalue weighted by atomic mass is 10.3. The molecule has 0 radical (unpaired) electrons. The topological polar surface area (TPSA) is 63.6 Å². The zero-order valence-electron chi connectivity index (χ0n) is 11.8. The molecule has 1 aliphatic rings. The fraction of sp³-hybridized carbons (Fsp3) is 0.500. The third kappa shape index (κ3) is 2.40. The lowest BCUT2D eigenvalue weighted by Crippen LogP contribution is -2.14. The largest absolute Gasteiger partial charge is 0.335 e. The monoisotopic (exact) mass is 290 g/mol. The van der Waals surface area contributed by atoms with E-state index in [1.165, 1.54) is 5.69 Å². The smallest absolute Gasteiger partial charge is 0.254 e. The molecule has 0 atom stereocenters. The van der Waals surface area contributed by atoms with Gasteiger partial charge >= 0.3 is 0 Å². The standard InChI is InChI=1S/C14H18N4OS/c1-3-18-8-15-12(9(18)2)7-20-14-16-11-6-4-5-10(11)13(19)17-14/h8H,3-7H2,1-2H3,(H,16,17,19). The van der Waals surface area contributed by atoms with Crippen molar-refractivity contribution < 1.29 is 0 Å². The van der Waals surface area contributed by atoms with Crippen molar-refractivity contribution in [2.75, 3.05) is 0 Å². The van der Waals surface area contributed by atoms with Gasteiger partial charge in [-0.15, -0.1) is 0 Å². The highest BCUT2D eigenvalue weighted by Crippen LogP contribution is 2.23. The van der Waals surface area contributed by atoms with E-state index in [0.717, 1.165) is 48.5 Å². The Kier molecular flexibility index (Phi) is 3.65. The fourth-order valence-corrected chi connectivity index (χ4v) is 3.47. The van der Waals surface area contributed by atoms with Crippen LogP contribution in [0.1, 0.15) is 36.0 Å². The van der Waals surface area contributed by atoms with Crippen LogP contribution < -0.4 is 5.56 Å². The van der Waals surface area contributed by atoms with Crippen LogP contribution >= 0.6 is 11.8 Å². The molecule has 0 aromatic carbocycles. The van der Waals surface area contributed by atoms with Crippen LogP contribution in [0.3, 0.4) is 0 Å². The number of hydrogen-bond acceptors (Lipinski definition) is 4. The summed E-state index contributed by atoms with van der Waals surface area (Å²) in [5.74, 6) is 0.737. The molecule has 1 N–H and O–H groups in total. The fourth-order valence-electron chi connectivity index (χ4n) is 2.57. The molecule has 0 unspecified atom stereocenters. The van der Waals surface area contributed by atoms with Crippen molar-refractivity contribution in [2.24, 2.45) is 0 Å². The molecule has 6 heteroatoms. The first kappa shape index (κ1) is 13.4. The molecule has 0 bridgehead atoms. The molecule has 0 spiro atoms. The third-order valence-electron chi connectivity index (χ3n) is 3.81. The molecule has 3 rings (SSSR count). The Hall–Kier alpha value is -1.56. The number of nitrogens with one attached hydrogen (secondary N) is 1. The molecule has 106 valence electrons. The maximum Gasteiger partial charge on any atom is 0.254 e. The van der Waals surface area contributed by atoms with Gasteiger partial charge in [0.1, 0.15) is 0 Å². The van der Waals surface area contributed by atoms with E-state index in [-0.39, 0.29) is 5.56 Å². The summed E-state index contributed by atoms with van der Waals surface area (Å²) in [5, 5.41) is 0.709. The summed E-state index contributed by atoms with van der Waals surface area (Å²) in [6, 6.07) is 0. The van der Waals surface area contributed by atoms with Crippen LogP contribution in [-0.2, 0) is 25.1 Å². The number of aryl methyl sites for hydroxylation is 2. The zero-order chi connectivity index (χ0) is 14.1. The molecule has 2 aromatic heterocycles. The van der Waals surface area contributed by atoms with E-state index in [1.807, 2.05) is 6.33 Å². The van der Waals surface area contributed by atoms with Crippen molar-refractivity contribution in [1.29, 1.82) is 0 Å². The molecule has 1 aliphatic carbocycles. The van der Waals surface area contributed by atoms with Crippen molar-refractivity contribution in [3.05, 3.63) is 39.3 Å². The van der Waals surface area contributed by atoms with Crippen LogP contribution in [0.15, 0.2) is 16.3 Å². The molecule has 0 saturated carbocycles. The Morgan fingerprint density at radius 3 is 3.05 bits per heavy atom. The van der Waals surface area contributed by atoms with Crippen LogP contribution in [0.4, 0.5) is 0 Å². The van der Waals surface area contributed by atoms with E-state index in [2.05, 4.69) is 33.4 Å². The highest BCUT2D eigenvalue weighted by molar-refractivity contribution is 7.98. The Morgan fingerprint density at radius 1 is 1.45 bits per heavy atom. The van der Waals surface area contributed by atoms with E-state index < -0.39 is 0 Å². The van der Waals surface area contributed by atoms with Gasteiger partial charge in [-0.2, -0.15) is 0 Å². The highest BCUT2D eigenvalue weighted by atomic mass is 32.2. The summed E-state index contributed by atoms with van der Waals surface area (Å²) >= 11 is 1.55. The van der Waals surface area contributed by atoms with Crippen LogP contribution in [0.5, 0.6) is 0 Å². The number of aromatic amines is 1. The second-order valence-corrected chi connectivity index (χ2v) is 5.97. The van der Waals surface area contributed by atoms with Gasteiger partial charge in [-0.3, -0.25) is 4.79 Å². The molecule has 20 heavy (non-hydrogen) atoms. The first-order chi connectivity index (χ1) is 9.69. The number of hydrogen-bond donors (Lipinski definition) is 1. The van der Waals surface area contributed by atoms with Gasteiger partial charge in [-0.25, -0.2) is 9.97 Å². The van der Waals surface area contributed by atoms with E-state index in [4.69, 9.17) is 0 Å². The normalized spacial score (nSPS) is 13.7. The molecule has 0 aliphatic heterocycles. The van der Waals surface area contributed by atoms with Crippen LogP contribution in [0, 0.1) is 6.92 Å². The van der Waals surface area contributed by atoms with Crippen molar-refractivity contribution in [1.82, 2.24) is 19.5 Å². The summed E-state index contributed by atoms with van der Waals surface area (Å²) < 4.78 is 2.12. The molecule has 0 fully saturated rings. The molecule has 0 saturated heterocycles. The van der Waals surface area contributed by atoms with Crippen molar-refractivity contribution >= 4 is 11.8 Å².